The molecule has 1 heterocycles. The van der Waals surface area contributed by atoms with E-state index in [1.165, 1.54) is 0 Å². The number of fused-ring (bicyclic) bond motifs is 1. The molecule has 0 bridgehead atoms. The van der Waals surface area contributed by atoms with Crippen molar-refractivity contribution in [1.82, 2.24) is 0 Å². The third kappa shape index (κ3) is 2.75. The molecule has 0 aromatic heterocycles. The molecule has 1 aromatic rings. The number of carbonyl (C=O) groups is 2. The van der Waals surface area contributed by atoms with Gasteiger partial charge in [-0.2, -0.15) is 0 Å². The largest absolute Gasteiger partial charge is 0.459 e. The van der Waals surface area contributed by atoms with Gasteiger partial charge in [-0.1, -0.05) is 18.2 Å². The van der Waals surface area contributed by atoms with Crippen molar-refractivity contribution in [3.63, 3.8) is 0 Å². The lowest BCUT2D eigenvalue weighted by molar-refractivity contribution is -0.127. The molecule has 1 aliphatic heterocycles. The van der Waals surface area contributed by atoms with Crippen LogP contribution in [0.3, 0.4) is 0 Å². The lowest BCUT2D eigenvalue weighted by Crippen LogP contribution is -2.28. The fourth-order valence-corrected chi connectivity index (χ4v) is 3.04. The summed E-state index contributed by atoms with van der Waals surface area (Å²) in [5, 5.41) is 0. The Kier molecular flexibility index (Phi) is 3.83. The molecule has 2 fully saturated rings. The first-order valence-electron chi connectivity index (χ1n) is 7.14. The third-order valence-electron chi connectivity index (χ3n) is 4.07. The number of benzene rings is 1. The summed E-state index contributed by atoms with van der Waals surface area (Å²) in [7, 11) is 0. The highest BCUT2D eigenvalue weighted by atomic mass is 16.6. The topological polar surface area (TPSA) is 52.6 Å². The summed E-state index contributed by atoms with van der Waals surface area (Å²) < 4.78 is 11.1. The SMILES string of the molecule is O=C(OC[C@H]1C[C@H]2C(=O)CCC[C@H]2O1)c1ccccc1. The smallest absolute Gasteiger partial charge is 0.338 e. The van der Waals surface area contributed by atoms with Gasteiger partial charge in [0, 0.05) is 12.3 Å². The van der Waals surface area contributed by atoms with Gasteiger partial charge in [-0.05, 0) is 31.4 Å². The first-order valence-corrected chi connectivity index (χ1v) is 7.14. The third-order valence-corrected chi connectivity index (χ3v) is 4.07. The average molecular weight is 274 g/mol. The fourth-order valence-electron chi connectivity index (χ4n) is 3.04. The Morgan fingerprint density at radius 1 is 1.30 bits per heavy atom. The number of esters is 1. The highest BCUT2D eigenvalue weighted by Gasteiger charge is 2.41. The summed E-state index contributed by atoms with van der Waals surface area (Å²) in [4.78, 5) is 23.6. The summed E-state index contributed by atoms with van der Waals surface area (Å²) in [6.07, 6.45) is 3.11. The molecular formula is C16H18O4. The van der Waals surface area contributed by atoms with Crippen LogP contribution in [0.1, 0.15) is 36.0 Å². The van der Waals surface area contributed by atoms with Crippen molar-refractivity contribution in [3.8, 4) is 0 Å². The maximum atomic E-state index is 11.8. The second kappa shape index (κ2) is 5.75. The van der Waals surface area contributed by atoms with Crippen LogP contribution in [0.4, 0.5) is 0 Å². The number of rotatable bonds is 3. The molecule has 20 heavy (non-hydrogen) atoms. The maximum Gasteiger partial charge on any atom is 0.338 e. The van der Waals surface area contributed by atoms with E-state index in [-0.39, 0.29) is 30.7 Å². The van der Waals surface area contributed by atoms with Gasteiger partial charge < -0.3 is 9.47 Å². The Morgan fingerprint density at radius 3 is 2.85 bits per heavy atom. The Morgan fingerprint density at radius 2 is 2.10 bits per heavy atom. The van der Waals surface area contributed by atoms with Gasteiger partial charge in [0.2, 0.25) is 0 Å². The van der Waals surface area contributed by atoms with Crippen LogP contribution in [-0.2, 0) is 14.3 Å². The highest BCUT2D eigenvalue weighted by Crippen LogP contribution is 2.35. The Hall–Kier alpha value is -1.68. The molecule has 0 unspecified atom stereocenters. The van der Waals surface area contributed by atoms with E-state index in [1.807, 2.05) is 6.07 Å². The minimum absolute atomic E-state index is 0.0178. The predicted molar refractivity (Wildman–Crippen MR) is 72.4 cm³/mol. The minimum Gasteiger partial charge on any atom is -0.459 e. The van der Waals surface area contributed by atoms with Crippen LogP contribution in [0.15, 0.2) is 30.3 Å². The van der Waals surface area contributed by atoms with Crippen molar-refractivity contribution in [2.45, 2.75) is 37.9 Å². The van der Waals surface area contributed by atoms with Crippen LogP contribution < -0.4 is 0 Å². The summed E-state index contributed by atoms with van der Waals surface area (Å²) in [6, 6.07) is 8.90. The average Bonchev–Trinajstić information content (AvgIpc) is 2.90. The van der Waals surface area contributed by atoms with Crippen molar-refractivity contribution in [3.05, 3.63) is 35.9 Å². The molecule has 1 aliphatic carbocycles. The van der Waals surface area contributed by atoms with Crippen molar-refractivity contribution in [1.29, 1.82) is 0 Å². The van der Waals surface area contributed by atoms with Gasteiger partial charge in [0.15, 0.2) is 0 Å². The van der Waals surface area contributed by atoms with Crippen molar-refractivity contribution >= 4 is 11.8 Å². The van der Waals surface area contributed by atoms with E-state index in [2.05, 4.69) is 0 Å². The van der Waals surface area contributed by atoms with Gasteiger partial charge in [-0.25, -0.2) is 4.79 Å². The van der Waals surface area contributed by atoms with E-state index in [9.17, 15) is 9.59 Å². The molecule has 1 aromatic carbocycles. The molecule has 3 rings (SSSR count). The van der Waals surface area contributed by atoms with Crippen LogP contribution in [-0.4, -0.2) is 30.6 Å². The van der Waals surface area contributed by atoms with E-state index in [0.29, 0.717) is 24.2 Å². The molecule has 0 radical (unpaired) electrons. The van der Waals surface area contributed by atoms with Crippen LogP contribution in [0.25, 0.3) is 0 Å². The Balaban J connectivity index is 1.53. The van der Waals surface area contributed by atoms with Gasteiger partial charge in [-0.3, -0.25) is 4.79 Å². The predicted octanol–water partition coefficient (Wildman–Crippen LogP) is 2.37. The molecule has 3 atom stereocenters. The van der Waals surface area contributed by atoms with Gasteiger partial charge in [0.25, 0.3) is 0 Å². The van der Waals surface area contributed by atoms with Crippen molar-refractivity contribution in [2.24, 2.45) is 5.92 Å². The molecule has 1 saturated heterocycles. The van der Waals surface area contributed by atoms with E-state index in [1.54, 1.807) is 24.3 Å². The number of Topliss-reactive ketones (excluding diaryl/α,β-unsaturated/α-hetero) is 1. The molecule has 2 aliphatic rings. The van der Waals surface area contributed by atoms with Gasteiger partial charge in [0.05, 0.1) is 17.8 Å². The molecule has 0 N–H and O–H groups in total. The van der Waals surface area contributed by atoms with Crippen molar-refractivity contribution < 1.29 is 19.1 Å². The zero-order chi connectivity index (χ0) is 13.9. The fraction of sp³-hybridized carbons (Fsp3) is 0.500. The second-order valence-corrected chi connectivity index (χ2v) is 5.46. The summed E-state index contributed by atoms with van der Waals surface area (Å²) in [5.41, 5.74) is 0.541. The monoisotopic (exact) mass is 274 g/mol. The van der Waals surface area contributed by atoms with E-state index < -0.39 is 0 Å². The molecule has 0 spiro atoms. The molecule has 0 amide bonds. The van der Waals surface area contributed by atoms with Crippen LogP contribution >= 0.6 is 0 Å². The number of hydrogen-bond acceptors (Lipinski definition) is 4. The molecule has 1 saturated carbocycles. The van der Waals surface area contributed by atoms with Crippen LogP contribution in [0.2, 0.25) is 0 Å². The van der Waals surface area contributed by atoms with Crippen LogP contribution in [0.5, 0.6) is 0 Å². The maximum absolute atomic E-state index is 11.8. The number of ketones is 1. The summed E-state index contributed by atoms with van der Waals surface area (Å²) >= 11 is 0. The van der Waals surface area contributed by atoms with Crippen molar-refractivity contribution in [2.75, 3.05) is 6.61 Å². The van der Waals surface area contributed by atoms with E-state index in [0.717, 1.165) is 12.8 Å². The van der Waals surface area contributed by atoms with Gasteiger partial charge in [-0.15, -0.1) is 0 Å². The molecular weight excluding hydrogens is 256 g/mol. The minimum atomic E-state index is -0.338. The molecule has 4 heteroatoms. The molecule has 4 nitrogen and oxygen atoms in total. The Labute approximate surface area is 118 Å². The highest BCUT2D eigenvalue weighted by molar-refractivity contribution is 5.89. The second-order valence-electron chi connectivity index (χ2n) is 5.46. The summed E-state index contributed by atoms with van der Waals surface area (Å²) in [5.74, 6) is -0.0160. The lowest BCUT2D eigenvalue weighted by atomic mass is 9.84. The van der Waals surface area contributed by atoms with E-state index in [4.69, 9.17) is 9.47 Å². The lowest BCUT2D eigenvalue weighted by Gasteiger charge is -2.22. The van der Waals surface area contributed by atoms with Crippen LogP contribution in [0, 0.1) is 5.92 Å². The number of carbonyl (C=O) groups excluding carboxylic acids is 2. The standard InChI is InChI=1S/C16H18O4/c17-14-7-4-8-15-13(14)9-12(20-15)10-19-16(18)11-5-2-1-3-6-11/h1-3,5-6,12-13,15H,4,7-10H2/t12-,13+,15-/m1/s1. The number of hydrogen-bond donors (Lipinski definition) is 0. The van der Waals surface area contributed by atoms with Gasteiger partial charge >= 0.3 is 5.97 Å². The van der Waals surface area contributed by atoms with E-state index >= 15 is 0 Å². The first-order chi connectivity index (χ1) is 9.74. The number of ether oxygens (including phenoxy) is 2. The summed E-state index contributed by atoms with van der Waals surface area (Å²) in [6.45, 7) is 0.230. The quantitative estimate of drug-likeness (QED) is 0.794. The first kappa shape index (κ1) is 13.3. The zero-order valence-electron chi connectivity index (χ0n) is 11.3. The molecule has 106 valence electrons. The zero-order valence-corrected chi connectivity index (χ0v) is 11.3. The normalized spacial score (nSPS) is 29.0. The van der Waals surface area contributed by atoms with Gasteiger partial charge in [0.1, 0.15) is 12.4 Å². The Bertz CT molecular complexity index is 496.